The van der Waals surface area contributed by atoms with Gasteiger partial charge >= 0.3 is 0 Å². The lowest BCUT2D eigenvalue weighted by atomic mass is 10.2. The van der Waals surface area contributed by atoms with E-state index in [9.17, 15) is 0 Å². The molecule has 0 heterocycles. The molecule has 0 saturated carbocycles. The van der Waals surface area contributed by atoms with Crippen LogP contribution < -0.4 is 10.2 Å². The molecule has 0 unspecified atom stereocenters. The van der Waals surface area contributed by atoms with E-state index in [1.54, 1.807) is 0 Å². The van der Waals surface area contributed by atoms with Crippen molar-refractivity contribution in [2.75, 3.05) is 30.9 Å². The van der Waals surface area contributed by atoms with Crippen molar-refractivity contribution in [1.82, 2.24) is 0 Å². The first-order chi connectivity index (χ1) is 8.24. The number of nitrogens with one attached hydrogen (secondary N) is 1. The maximum atomic E-state index is 3.73. The third-order valence-electron chi connectivity index (χ3n) is 2.78. The number of rotatable bonds is 8. The standard InChI is InChI=1S/C15H24N2/c1-4-5-6-7-8-12-16-14-10-9-11-15(13-14)17(2)3/h4,9-11,13,16H,1,5-8,12H2,2-3H3. The van der Waals surface area contributed by atoms with Gasteiger partial charge in [-0.2, -0.15) is 0 Å². The summed E-state index contributed by atoms with van der Waals surface area (Å²) in [5.41, 5.74) is 2.45. The Morgan fingerprint density at radius 2 is 2.06 bits per heavy atom. The van der Waals surface area contributed by atoms with E-state index < -0.39 is 0 Å². The van der Waals surface area contributed by atoms with E-state index in [0.29, 0.717) is 0 Å². The van der Waals surface area contributed by atoms with Gasteiger partial charge in [-0.25, -0.2) is 0 Å². The molecule has 0 atom stereocenters. The minimum absolute atomic E-state index is 1.05. The smallest absolute Gasteiger partial charge is 0.0381 e. The van der Waals surface area contributed by atoms with Gasteiger partial charge in [-0.15, -0.1) is 6.58 Å². The zero-order chi connectivity index (χ0) is 12.5. The van der Waals surface area contributed by atoms with Crippen LogP contribution >= 0.6 is 0 Å². The van der Waals surface area contributed by atoms with Gasteiger partial charge < -0.3 is 10.2 Å². The predicted octanol–water partition coefficient (Wildman–Crippen LogP) is 3.91. The Balaban J connectivity index is 2.26. The Kier molecular flexibility index (Phi) is 6.23. The number of nitrogens with zero attached hydrogens (tertiary/aromatic N) is 1. The van der Waals surface area contributed by atoms with E-state index in [1.165, 1.54) is 30.6 Å². The molecule has 0 radical (unpaired) electrons. The van der Waals surface area contributed by atoms with E-state index >= 15 is 0 Å². The van der Waals surface area contributed by atoms with Gasteiger partial charge in [0.2, 0.25) is 0 Å². The lowest BCUT2D eigenvalue weighted by Crippen LogP contribution is -2.09. The average molecular weight is 232 g/mol. The molecule has 1 rings (SSSR count). The van der Waals surface area contributed by atoms with Crippen LogP contribution in [0.5, 0.6) is 0 Å². The maximum Gasteiger partial charge on any atom is 0.0381 e. The summed E-state index contributed by atoms with van der Waals surface area (Å²) in [6.45, 7) is 4.78. The topological polar surface area (TPSA) is 15.3 Å². The largest absolute Gasteiger partial charge is 0.385 e. The summed E-state index contributed by atoms with van der Waals surface area (Å²) in [4.78, 5) is 2.12. The molecule has 0 bridgehead atoms. The molecule has 2 heteroatoms. The molecule has 1 aromatic rings. The normalized spacial score (nSPS) is 10.0. The van der Waals surface area contributed by atoms with Crippen molar-refractivity contribution in [3.05, 3.63) is 36.9 Å². The highest BCUT2D eigenvalue weighted by atomic mass is 15.1. The van der Waals surface area contributed by atoms with Gasteiger partial charge in [0.05, 0.1) is 0 Å². The fourth-order valence-electron chi connectivity index (χ4n) is 1.72. The van der Waals surface area contributed by atoms with Crippen LogP contribution in [0.25, 0.3) is 0 Å². The van der Waals surface area contributed by atoms with E-state index in [1.807, 2.05) is 6.08 Å². The van der Waals surface area contributed by atoms with Crippen LogP contribution in [0.3, 0.4) is 0 Å². The molecule has 0 aliphatic carbocycles. The molecule has 0 spiro atoms. The summed E-state index contributed by atoms with van der Waals surface area (Å²) in [5.74, 6) is 0. The molecule has 2 nitrogen and oxygen atoms in total. The highest BCUT2D eigenvalue weighted by Crippen LogP contribution is 2.17. The van der Waals surface area contributed by atoms with Crippen molar-refractivity contribution in [2.45, 2.75) is 25.7 Å². The van der Waals surface area contributed by atoms with Crippen molar-refractivity contribution < 1.29 is 0 Å². The van der Waals surface area contributed by atoms with E-state index in [2.05, 4.69) is 55.2 Å². The van der Waals surface area contributed by atoms with Gasteiger partial charge in [-0.1, -0.05) is 18.6 Å². The summed E-state index contributed by atoms with van der Waals surface area (Å²) in [6.07, 6.45) is 6.87. The van der Waals surface area contributed by atoms with Crippen LogP contribution in [0.1, 0.15) is 25.7 Å². The zero-order valence-electron chi connectivity index (χ0n) is 11.1. The fraction of sp³-hybridized carbons (Fsp3) is 0.467. The molecular weight excluding hydrogens is 208 g/mol. The minimum Gasteiger partial charge on any atom is -0.385 e. The number of anilines is 2. The van der Waals surface area contributed by atoms with E-state index in [4.69, 9.17) is 0 Å². The molecule has 0 amide bonds. The summed E-state index contributed by atoms with van der Waals surface area (Å²) < 4.78 is 0. The van der Waals surface area contributed by atoms with Gasteiger partial charge in [0, 0.05) is 32.0 Å². The second kappa shape index (κ2) is 7.77. The number of unbranched alkanes of at least 4 members (excludes halogenated alkanes) is 3. The molecular formula is C15H24N2. The molecule has 0 aromatic heterocycles. The second-order valence-corrected chi connectivity index (χ2v) is 4.51. The van der Waals surface area contributed by atoms with Crippen LogP contribution in [0, 0.1) is 0 Å². The number of hydrogen-bond acceptors (Lipinski definition) is 2. The monoisotopic (exact) mass is 232 g/mol. The molecule has 94 valence electrons. The van der Waals surface area contributed by atoms with E-state index in [0.717, 1.165) is 13.0 Å². The lowest BCUT2D eigenvalue weighted by molar-refractivity contribution is 0.709. The minimum atomic E-state index is 1.05. The van der Waals surface area contributed by atoms with E-state index in [-0.39, 0.29) is 0 Å². The summed E-state index contributed by atoms with van der Waals surface area (Å²) in [5, 5.41) is 3.46. The molecule has 1 N–H and O–H groups in total. The number of hydrogen-bond donors (Lipinski definition) is 1. The fourth-order valence-corrected chi connectivity index (χ4v) is 1.72. The first-order valence-corrected chi connectivity index (χ1v) is 6.36. The molecule has 0 aliphatic heterocycles. The van der Waals surface area contributed by atoms with Gasteiger partial charge in [-0.05, 0) is 37.5 Å². The maximum absolute atomic E-state index is 3.73. The van der Waals surface area contributed by atoms with Gasteiger partial charge in [0.25, 0.3) is 0 Å². The zero-order valence-corrected chi connectivity index (χ0v) is 11.1. The lowest BCUT2D eigenvalue weighted by Gasteiger charge is -2.14. The molecule has 0 fully saturated rings. The Hall–Kier alpha value is -1.44. The van der Waals surface area contributed by atoms with Crippen molar-refractivity contribution in [3.8, 4) is 0 Å². The van der Waals surface area contributed by atoms with Crippen LogP contribution in [0.2, 0.25) is 0 Å². The summed E-state index contributed by atoms with van der Waals surface area (Å²) >= 11 is 0. The Morgan fingerprint density at radius 1 is 1.24 bits per heavy atom. The first kappa shape index (κ1) is 13.6. The van der Waals surface area contributed by atoms with Crippen LogP contribution in [-0.4, -0.2) is 20.6 Å². The quantitative estimate of drug-likeness (QED) is 0.540. The van der Waals surface area contributed by atoms with Gasteiger partial charge in [0.1, 0.15) is 0 Å². The second-order valence-electron chi connectivity index (χ2n) is 4.51. The SMILES string of the molecule is C=CCCCCCNc1cccc(N(C)C)c1. The average Bonchev–Trinajstić information content (AvgIpc) is 2.34. The highest BCUT2D eigenvalue weighted by molar-refractivity contribution is 5.57. The first-order valence-electron chi connectivity index (χ1n) is 6.36. The molecule has 0 aliphatic rings. The number of benzene rings is 1. The van der Waals surface area contributed by atoms with Gasteiger partial charge in [0.15, 0.2) is 0 Å². The van der Waals surface area contributed by atoms with Crippen LogP contribution in [0.4, 0.5) is 11.4 Å². The van der Waals surface area contributed by atoms with Crippen LogP contribution in [0.15, 0.2) is 36.9 Å². The van der Waals surface area contributed by atoms with Crippen molar-refractivity contribution in [3.63, 3.8) is 0 Å². The summed E-state index contributed by atoms with van der Waals surface area (Å²) in [6, 6.07) is 8.52. The van der Waals surface area contributed by atoms with Crippen LogP contribution in [-0.2, 0) is 0 Å². The molecule has 17 heavy (non-hydrogen) atoms. The Morgan fingerprint density at radius 3 is 2.76 bits per heavy atom. The molecule has 0 saturated heterocycles. The Labute approximate surface area is 105 Å². The van der Waals surface area contributed by atoms with Crippen molar-refractivity contribution in [1.29, 1.82) is 0 Å². The van der Waals surface area contributed by atoms with Gasteiger partial charge in [-0.3, -0.25) is 0 Å². The highest BCUT2D eigenvalue weighted by Gasteiger charge is 1.96. The Bertz CT molecular complexity index is 331. The summed E-state index contributed by atoms with van der Waals surface area (Å²) in [7, 11) is 4.13. The van der Waals surface area contributed by atoms with Crippen molar-refractivity contribution in [2.24, 2.45) is 0 Å². The molecule has 1 aromatic carbocycles. The van der Waals surface area contributed by atoms with Crippen molar-refractivity contribution >= 4 is 11.4 Å². The third kappa shape index (κ3) is 5.43. The predicted molar refractivity (Wildman–Crippen MR) is 77.9 cm³/mol. The third-order valence-corrected chi connectivity index (χ3v) is 2.78. The number of allylic oxidation sites excluding steroid dienone is 1.